The molecule has 11 heteroatoms. The van der Waals surface area contributed by atoms with Crippen molar-refractivity contribution < 1.29 is 23.2 Å². The summed E-state index contributed by atoms with van der Waals surface area (Å²) in [5.74, 6) is -2.26. The number of urea groups is 1. The molecule has 0 radical (unpaired) electrons. The number of hydrogen-bond acceptors (Lipinski definition) is 4. The molecule has 28 heavy (non-hydrogen) atoms. The van der Waals surface area contributed by atoms with Gasteiger partial charge in [-0.05, 0) is 25.1 Å². The highest BCUT2D eigenvalue weighted by Crippen LogP contribution is 2.33. The zero-order chi connectivity index (χ0) is 20.4. The van der Waals surface area contributed by atoms with Gasteiger partial charge < -0.3 is 5.32 Å². The zero-order valence-corrected chi connectivity index (χ0v) is 15.0. The number of aromatic nitrogens is 3. The summed E-state index contributed by atoms with van der Waals surface area (Å²) < 4.78 is 43.4. The Hall–Kier alpha value is -3.11. The Morgan fingerprint density at radius 1 is 1.21 bits per heavy atom. The summed E-state index contributed by atoms with van der Waals surface area (Å²) in [6.45, 7) is 1.46. The van der Waals surface area contributed by atoms with Gasteiger partial charge in [-0.25, -0.2) is 28.1 Å². The Bertz CT molecular complexity index is 1040. The minimum atomic E-state index is -0.933. The molecule has 3 rings (SSSR count). The SMILES string of the molecule is CC(NC(=O)NO)c1ncc(-c2cc(Cl)cc(F)c2-n2cc(F)cn2)cc1F. The predicted octanol–water partition coefficient (Wildman–Crippen LogP) is 3.75. The monoisotopic (exact) mass is 411 g/mol. The number of hydrogen-bond donors (Lipinski definition) is 3. The van der Waals surface area contributed by atoms with Crippen LogP contribution in [0.25, 0.3) is 16.8 Å². The first-order valence-corrected chi connectivity index (χ1v) is 8.24. The molecule has 0 fully saturated rings. The van der Waals surface area contributed by atoms with Crippen LogP contribution in [0.15, 0.2) is 36.8 Å². The van der Waals surface area contributed by atoms with Gasteiger partial charge in [-0.1, -0.05) is 11.6 Å². The van der Waals surface area contributed by atoms with E-state index in [0.717, 1.165) is 29.2 Å². The van der Waals surface area contributed by atoms with E-state index in [1.54, 1.807) is 0 Å². The van der Waals surface area contributed by atoms with Gasteiger partial charge in [0.2, 0.25) is 0 Å². The van der Waals surface area contributed by atoms with Crippen LogP contribution >= 0.6 is 11.6 Å². The molecule has 1 atom stereocenters. The molecule has 7 nitrogen and oxygen atoms in total. The van der Waals surface area contributed by atoms with Crippen molar-refractivity contribution >= 4 is 17.6 Å². The number of carbonyl (C=O) groups is 1. The van der Waals surface area contributed by atoms with Crippen molar-refractivity contribution in [3.8, 4) is 16.8 Å². The van der Waals surface area contributed by atoms with E-state index in [-0.39, 0.29) is 27.5 Å². The van der Waals surface area contributed by atoms with E-state index in [1.807, 2.05) is 0 Å². The van der Waals surface area contributed by atoms with Gasteiger partial charge in [0.25, 0.3) is 0 Å². The zero-order valence-electron chi connectivity index (χ0n) is 14.3. The summed E-state index contributed by atoms with van der Waals surface area (Å²) in [5.41, 5.74) is 1.42. The van der Waals surface area contributed by atoms with Crippen LogP contribution in [0.2, 0.25) is 5.02 Å². The van der Waals surface area contributed by atoms with Crippen molar-refractivity contribution in [2.75, 3.05) is 0 Å². The molecule has 1 unspecified atom stereocenters. The van der Waals surface area contributed by atoms with Crippen LogP contribution in [0.4, 0.5) is 18.0 Å². The highest BCUT2D eigenvalue weighted by Gasteiger charge is 2.20. The minimum Gasteiger partial charge on any atom is -0.328 e. The molecule has 0 aliphatic carbocycles. The fraction of sp³-hybridized carbons (Fsp3) is 0.118. The summed E-state index contributed by atoms with van der Waals surface area (Å²) in [7, 11) is 0. The van der Waals surface area contributed by atoms with Crippen LogP contribution in [-0.2, 0) is 0 Å². The summed E-state index contributed by atoms with van der Waals surface area (Å²) in [6.07, 6.45) is 3.12. The lowest BCUT2D eigenvalue weighted by Crippen LogP contribution is -2.35. The molecule has 2 aromatic heterocycles. The van der Waals surface area contributed by atoms with Gasteiger partial charge in [0.15, 0.2) is 11.6 Å². The molecule has 3 aromatic rings. The summed E-state index contributed by atoms with van der Waals surface area (Å²) in [5, 5.41) is 14.6. The summed E-state index contributed by atoms with van der Waals surface area (Å²) in [6, 6.07) is 1.68. The van der Waals surface area contributed by atoms with Crippen LogP contribution in [0.1, 0.15) is 18.7 Å². The number of rotatable bonds is 4. The lowest BCUT2D eigenvalue weighted by Gasteiger charge is -2.15. The first-order chi connectivity index (χ1) is 13.3. The van der Waals surface area contributed by atoms with Crippen molar-refractivity contribution in [2.45, 2.75) is 13.0 Å². The third-order valence-corrected chi connectivity index (χ3v) is 4.07. The third kappa shape index (κ3) is 3.92. The fourth-order valence-electron chi connectivity index (χ4n) is 2.65. The first-order valence-electron chi connectivity index (χ1n) is 7.86. The Kier molecular flexibility index (Phi) is 5.52. The van der Waals surface area contributed by atoms with Crippen molar-refractivity contribution in [1.82, 2.24) is 25.6 Å². The van der Waals surface area contributed by atoms with Crippen LogP contribution in [0.5, 0.6) is 0 Å². The van der Waals surface area contributed by atoms with Gasteiger partial charge in [0.1, 0.15) is 11.5 Å². The van der Waals surface area contributed by atoms with Crippen LogP contribution in [0, 0.1) is 17.5 Å². The quantitative estimate of drug-likeness (QED) is 0.450. The van der Waals surface area contributed by atoms with Gasteiger partial charge >= 0.3 is 6.03 Å². The molecule has 0 bridgehead atoms. The second-order valence-corrected chi connectivity index (χ2v) is 6.22. The topological polar surface area (TPSA) is 92.1 Å². The number of hydroxylamine groups is 1. The molecule has 0 saturated heterocycles. The number of benzene rings is 1. The van der Waals surface area contributed by atoms with Gasteiger partial charge in [-0.15, -0.1) is 0 Å². The molecule has 3 N–H and O–H groups in total. The van der Waals surface area contributed by atoms with Crippen molar-refractivity contribution in [3.05, 3.63) is 65.0 Å². The average Bonchev–Trinajstić information content (AvgIpc) is 3.06. The maximum atomic E-state index is 14.6. The van der Waals surface area contributed by atoms with Crippen molar-refractivity contribution in [1.29, 1.82) is 0 Å². The number of nitrogens with zero attached hydrogens (tertiary/aromatic N) is 3. The molecule has 0 aliphatic heterocycles. The van der Waals surface area contributed by atoms with Gasteiger partial charge in [-0.2, -0.15) is 5.10 Å². The van der Waals surface area contributed by atoms with E-state index in [2.05, 4.69) is 15.4 Å². The molecular weight excluding hydrogens is 399 g/mol. The highest BCUT2D eigenvalue weighted by molar-refractivity contribution is 6.31. The number of halogens is 4. The molecule has 0 aliphatic rings. The second kappa shape index (κ2) is 7.87. The fourth-order valence-corrected chi connectivity index (χ4v) is 2.86. The maximum Gasteiger partial charge on any atom is 0.339 e. The number of amides is 2. The smallest absolute Gasteiger partial charge is 0.328 e. The van der Waals surface area contributed by atoms with Crippen LogP contribution < -0.4 is 10.8 Å². The highest BCUT2D eigenvalue weighted by atomic mass is 35.5. The van der Waals surface area contributed by atoms with Crippen molar-refractivity contribution in [3.63, 3.8) is 0 Å². The Morgan fingerprint density at radius 3 is 2.57 bits per heavy atom. The normalized spacial score (nSPS) is 11.9. The van der Waals surface area contributed by atoms with E-state index in [9.17, 15) is 18.0 Å². The Balaban J connectivity index is 2.07. The predicted molar refractivity (Wildman–Crippen MR) is 93.5 cm³/mol. The maximum absolute atomic E-state index is 14.6. The van der Waals surface area contributed by atoms with E-state index in [4.69, 9.17) is 16.8 Å². The molecule has 2 amide bonds. The standard InChI is InChI=1S/C17H13ClF3N5O2/c1-8(24-17(27)25-28)15-13(20)2-9(5-22-15)12-3-10(18)4-14(21)16(12)26-7-11(19)6-23-26/h2-8,28H,1H3,(H2,24,25,27). The third-order valence-electron chi connectivity index (χ3n) is 3.85. The van der Waals surface area contributed by atoms with E-state index < -0.39 is 29.5 Å². The lowest BCUT2D eigenvalue weighted by molar-refractivity contribution is 0.159. The largest absolute Gasteiger partial charge is 0.339 e. The van der Waals surface area contributed by atoms with Crippen LogP contribution in [-0.4, -0.2) is 26.0 Å². The molecule has 0 spiro atoms. The molecule has 1 aromatic carbocycles. The van der Waals surface area contributed by atoms with E-state index in [0.29, 0.717) is 0 Å². The van der Waals surface area contributed by atoms with E-state index >= 15 is 0 Å². The number of carbonyl (C=O) groups excluding carboxylic acids is 1. The van der Waals surface area contributed by atoms with Crippen LogP contribution in [0.3, 0.4) is 0 Å². The van der Waals surface area contributed by atoms with Gasteiger partial charge in [-0.3, -0.25) is 10.2 Å². The second-order valence-electron chi connectivity index (χ2n) is 5.78. The summed E-state index contributed by atoms with van der Waals surface area (Å²) in [4.78, 5) is 15.1. The molecule has 0 saturated carbocycles. The van der Waals surface area contributed by atoms with E-state index in [1.165, 1.54) is 24.7 Å². The van der Waals surface area contributed by atoms with Crippen molar-refractivity contribution in [2.24, 2.45) is 0 Å². The minimum absolute atomic E-state index is 0.0445. The molecular formula is C17H13ClF3N5O2. The van der Waals surface area contributed by atoms with Gasteiger partial charge in [0.05, 0.1) is 24.1 Å². The van der Waals surface area contributed by atoms with Gasteiger partial charge in [0, 0.05) is 22.3 Å². The Labute approximate surface area is 161 Å². The number of pyridine rings is 1. The average molecular weight is 412 g/mol. The number of nitrogens with one attached hydrogen (secondary N) is 2. The summed E-state index contributed by atoms with van der Waals surface area (Å²) >= 11 is 5.92. The lowest BCUT2D eigenvalue weighted by atomic mass is 10.0. The molecule has 146 valence electrons. The Morgan fingerprint density at radius 2 is 1.96 bits per heavy atom. The molecule has 2 heterocycles. The first kappa shape index (κ1) is 19.6.